The summed E-state index contributed by atoms with van der Waals surface area (Å²) in [6, 6.07) is 0. The van der Waals surface area contributed by atoms with Crippen molar-refractivity contribution in [3.8, 4) is 0 Å². The zero-order chi connectivity index (χ0) is 8.48. The topological polar surface area (TPSA) is 0 Å². The Hall–Kier alpha value is -0.170. The number of hydrogen-bond donors (Lipinski definition) is 0. The Morgan fingerprint density at radius 2 is 2.09 bits per heavy atom. The standard InChI is InChI=1S/C10H16S/c1-10(2,3)8-4-6-9(11)7-5-8/h4,6,8H,5,7H2,1-3H3. The van der Waals surface area contributed by atoms with Gasteiger partial charge in [0.25, 0.3) is 0 Å². The van der Waals surface area contributed by atoms with Gasteiger partial charge in [0.05, 0.1) is 0 Å². The summed E-state index contributed by atoms with van der Waals surface area (Å²) in [5.41, 5.74) is 0.409. The lowest BCUT2D eigenvalue weighted by atomic mass is 9.76. The minimum Gasteiger partial charge on any atom is -0.0849 e. The molecule has 1 aliphatic rings. The quantitative estimate of drug-likeness (QED) is 0.500. The molecular formula is C10H16S. The molecule has 0 radical (unpaired) electrons. The van der Waals surface area contributed by atoms with Gasteiger partial charge in [0.15, 0.2) is 0 Å². The molecule has 1 unspecified atom stereocenters. The molecule has 11 heavy (non-hydrogen) atoms. The fourth-order valence-corrected chi connectivity index (χ4v) is 1.62. The number of rotatable bonds is 0. The number of thiocarbonyl (C=S) groups is 1. The molecule has 0 amide bonds. The minimum atomic E-state index is 0.409. The van der Waals surface area contributed by atoms with Gasteiger partial charge in [-0.3, -0.25) is 0 Å². The van der Waals surface area contributed by atoms with Crippen LogP contribution in [0, 0.1) is 11.3 Å². The van der Waals surface area contributed by atoms with Gasteiger partial charge < -0.3 is 0 Å². The first-order valence-corrected chi connectivity index (χ1v) is 4.62. The van der Waals surface area contributed by atoms with Crippen molar-refractivity contribution in [2.24, 2.45) is 11.3 Å². The lowest BCUT2D eigenvalue weighted by Gasteiger charge is -2.30. The number of allylic oxidation sites excluding steroid dienone is 2. The average Bonchev–Trinajstić information content (AvgIpc) is 1.86. The predicted molar refractivity (Wildman–Crippen MR) is 53.9 cm³/mol. The van der Waals surface area contributed by atoms with Crippen molar-refractivity contribution in [3.63, 3.8) is 0 Å². The van der Waals surface area contributed by atoms with E-state index in [9.17, 15) is 0 Å². The fraction of sp³-hybridized carbons (Fsp3) is 0.700. The summed E-state index contributed by atoms with van der Waals surface area (Å²) >= 11 is 5.09. The van der Waals surface area contributed by atoms with E-state index in [0.717, 1.165) is 11.3 Å². The van der Waals surface area contributed by atoms with E-state index >= 15 is 0 Å². The molecule has 0 N–H and O–H groups in total. The van der Waals surface area contributed by atoms with Gasteiger partial charge in [0.2, 0.25) is 0 Å². The van der Waals surface area contributed by atoms with Gasteiger partial charge in [-0.25, -0.2) is 0 Å². The maximum absolute atomic E-state index is 5.09. The molecule has 1 heteroatoms. The van der Waals surface area contributed by atoms with Gasteiger partial charge in [-0.1, -0.05) is 45.1 Å². The van der Waals surface area contributed by atoms with E-state index in [1.54, 1.807) is 0 Å². The second-order valence-electron chi connectivity index (χ2n) is 4.34. The molecule has 0 aliphatic heterocycles. The molecule has 0 aromatic rings. The summed E-state index contributed by atoms with van der Waals surface area (Å²) in [5.74, 6) is 0.717. The summed E-state index contributed by atoms with van der Waals surface area (Å²) in [4.78, 5) is 1.12. The van der Waals surface area contributed by atoms with Crippen LogP contribution < -0.4 is 0 Å². The van der Waals surface area contributed by atoms with Gasteiger partial charge in [0, 0.05) is 4.86 Å². The zero-order valence-corrected chi connectivity index (χ0v) is 8.37. The highest BCUT2D eigenvalue weighted by Gasteiger charge is 2.23. The Kier molecular flexibility index (Phi) is 2.48. The third-order valence-electron chi connectivity index (χ3n) is 2.33. The van der Waals surface area contributed by atoms with Crippen LogP contribution in [-0.4, -0.2) is 4.86 Å². The van der Waals surface area contributed by atoms with Crippen LogP contribution >= 0.6 is 12.2 Å². The Labute approximate surface area is 74.7 Å². The largest absolute Gasteiger partial charge is 0.0849 e. The van der Waals surface area contributed by atoms with E-state index in [2.05, 4.69) is 32.9 Å². The first-order chi connectivity index (χ1) is 5.00. The van der Waals surface area contributed by atoms with Gasteiger partial charge in [-0.05, 0) is 24.2 Å². The minimum absolute atomic E-state index is 0.409. The summed E-state index contributed by atoms with van der Waals surface area (Å²) in [6.45, 7) is 6.86. The maximum atomic E-state index is 5.09. The van der Waals surface area contributed by atoms with Crippen molar-refractivity contribution < 1.29 is 0 Å². The van der Waals surface area contributed by atoms with E-state index in [-0.39, 0.29) is 0 Å². The van der Waals surface area contributed by atoms with Crippen LogP contribution in [0.15, 0.2) is 12.2 Å². The highest BCUT2D eigenvalue weighted by atomic mass is 32.1. The van der Waals surface area contributed by atoms with Gasteiger partial charge >= 0.3 is 0 Å². The molecule has 1 atom stereocenters. The van der Waals surface area contributed by atoms with Crippen molar-refractivity contribution in [2.45, 2.75) is 33.6 Å². The van der Waals surface area contributed by atoms with Gasteiger partial charge in [-0.2, -0.15) is 0 Å². The monoisotopic (exact) mass is 168 g/mol. The van der Waals surface area contributed by atoms with E-state index in [4.69, 9.17) is 12.2 Å². The molecule has 0 aromatic carbocycles. The first-order valence-electron chi connectivity index (χ1n) is 4.21. The van der Waals surface area contributed by atoms with E-state index < -0.39 is 0 Å². The van der Waals surface area contributed by atoms with Crippen molar-refractivity contribution in [2.75, 3.05) is 0 Å². The van der Waals surface area contributed by atoms with Crippen LogP contribution in [0.25, 0.3) is 0 Å². The van der Waals surface area contributed by atoms with Crippen LogP contribution in [0.4, 0.5) is 0 Å². The van der Waals surface area contributed by atoms with Crippen LogP contribution in [0.1, 0.15) is 33.6 Å². The highest BCUT2D eigenvalue weighted by molar-refractivity contribution is 7.80. The average molecular weight is 168 g/mol. The molecular weight excluding hydrogens is 152 g/mol. The van der Waals surface area contributed by atoms with Gasteiger partial charge in [0.1, 0.15) is 0 Å². The van der Waals surface area contributed by atoms with E-state index in [1.807, 2.05) is 0 Å². The van der Waals surface area contributed by atoms with Crippen molar-refractivity contribution in [1.82, 2.24) is 0 Å². The Morgan fingerprint density at radius 1 is 1.45 bits per heavy atom. The fourth-order valence-electron chi connectivity index (χ4n) is 1.42. The zero-order valence-electron chi connectivity index (χ0n) is 7.55. The SMILES string of the molecule is CC(C)(C)C1C=CC(=S)CC1. The molecule has 0 saturated heterocycles. The van der Waals surface area contributed by atoms with E-state index in [1.165, 1.54) is 6.42 Å². The molecule has 0 saturated carbocycles. The van der Waals surface area contributed by atoms with Crippen molar-refractivity contribution in [1.29, 1.82) is 0 Å². The third-order valence-corrected chi connectivity index (χ3v) is 2.67. The Balaban J connectivity index is 2.65. The lowest BCUT2D eigenvalue weighted by molar-refractivity contribution is 0.279. The summed E-state index contributed by atoms with van der Waals surface area (Å²) in [5, 5.41) is 0. The molecule has 0 heterocycles. The van der Waals surface area contributed by atoms with E-state index in [0.29, 0.717) is 11.3 Å². The van der Waals surface area contributed by atoms with Crippen LogP contribution in [0.3, 0.4) is 0 Å². The highest BCUT2D eigenvalue weighted by Crippen LogP contribution is 2.33. The molecule has 0 aromatic heterocycles. The van der Waals surface area contributed by atoms with Crippen LogP contribution in [0.2, 0.25) is 0 Å². The molecule has 62 valence electrons. The van der Waals surface area contributed by atoms with Crippen LogP contribution in [-0.2, 0) is 0 Å². The third kappa shape index (κ3) is 2.41. The number of hydrogen-bond acceptors (Lipinski definition) is 1. The molecule has 1 rings (SSSR count). The van der Waals surface area contributed by atoms with Crippen molar-refractivity contribution >= 4 is 17.1 Å². The molecule has 0 bridgehead atoms. The van der Waals surface area contributed by atoms with Gasteiger partial charge in [-0.15, -0.1) is 0 Å². The normalized spacial score (nSPS) is 25.7. The molecule has 1 aliphatic carbocycles. The Morgan fingerprint density at radius 3 is 2.45 bits per heavy atom. The molecule has 0 fully saturated rings. The second kappa shape index (κ2) is 3.06. The Bertz CT molecular complexity index is 184. The summed E-state index contributed by atoms with van der Waals surface area (Å²) < 4.78 is 0. The maximum Gasteiger partial charge on any atom is 0.0149 e. The predicted octanol–water partition coefficient (Wildman–Crippen LogP) is 3.37. The smallest absolute Gasteiger partial charge is 0.0149 e. The van der Waals surface area contributed by atoms with Crippen LogP contribution in [0.5, 0.6) is 0 Å². The summed E-state index contributed by atoms with van der Waals surface area (Å²) in [7, 11) is 0. The first kappa shape index (κ1) is 8.92. The molecule has 0 spiro atoms. The molecule has 0 nitrogen and oxygen atoms in total. The van der Waals surface area contributed by atoms with Crippen molar-refractivity contribution in [3.05, 3.63) is 12.2 Å². The second-order valence-corrected chi connectivity index (χ2v) is 4.86. The lowest BCUT2D eigenvalue weighted by Crippen LogP contribution is -2.21. The summed E-state index contributed by atoms with van der Waals surface area (Å²) in [6.07, 6.45) is 6.72.